The summed E-state index contributed by atoms with van der Waals surface area (Å²) < 4.78 is 61.0. The van der Waals surface area contributed by atoms with Crippen molar-refractivity contribution in [2.24, 2.45) is 0 Å². The Hall–Kier alpha value is -3.86. The molecule has 1 N–H and O–H groups in total. The highest BCUT2D eigenvalue weighted by Crippen LogP contribution is 2.25. The van der Waals surface area contributed by atoms with Gasteiger partial charge >= 0.3 is 5.97 Å². The summed E-state index contributed by atoms with van der Waals surface area (Å²) in [5, 5.41) is 0. The number of esters is 1. The zero-order chi connectivity index (χ0) is 22.9. The predicted molar refractivity (Wildman–Crippen MR) is 112 cm³/mol. The normalized spacial score (nSPS) is 11.5. The first-order valence-corrected chi connectivity index (χ1v) is 10.8. The molecule has 0 atom stereocenters. The lowest BCUT2D eigenvalue weighted by molar-refractivity contribution is 0.0518. The molecule has 0 aliphatic heterocycles. The van der Waals surface area contributed by atoms with Crippen molar-refractivity contribution in [2.45, 2.75) is 11.8 Å². The van der Waals surface area contributed by atoms with Gasteiger partial charge in [-0.15, -0.1) is 0 Å². The number of benzene rings is 1. The first kappa shape index (κ1) is 21.4. The van der Waals surface area contributed by atoms with E-state index in [4.69, 9.17) is 4.74 Å². The van der Waals surface area contributed by atoms with E-state index in [0.717, 1.165) is 12.1 Å². The summed E-state index contributed by atoms with van der Waals surface area (Å²) in [6.07, 6.45) is 5.79. The van der Waals surface area contributed by atoms with Crippen molar-refractivity contribution in [3.63, 3.8) is 0 Å². The lowest BCUT2D eigenvalue weighted by Crippen LogP contribution is -2.15. The highest BCUT2D eigenvalue weighted by molar-refractivity contribution is 7.92. The number of hydrogen-bond acceptors (Lipinski definition) is 6. The molecule has 8 nitrogen and oxygen atoms in total. The number of carbonyl (C=O) groups excluding carboxylic acids is 1. The molecule has 164 valence electrons. The second-order valence-corrected chi connectivity index (χ2v) is 8.30. The zero-order valence-corrected chi connectivity index (χ0v) is 17.4. The van der Waals surface area contributed by atoms with Crippen LogP contribution in [0.25, 0.3) is 16.8 Å². The molecular weight excluding hydrogens is 442 g/mol. The number of nitrogens with one attached hydrogen (secondary N) is 1. The van der Waals surface area contributed by atoms with Crippen LogP contribution in [0.4, 0.5) is 14.5 Å². The maximum absolute atomic E-state index is 13.9. The molecule has 0 aliphatic carbocycles. The second-order valence-electron chi connectivity index (χ2n) is 6.65. The Morgan fingerprint density at radius 1 is 1.09 bits per heavy atom. The van der Waals surface area contributed by atoms with Crippen LogP contribution in [-0.2, 0) is 14.8 Å². The van der Waals surface area contributed by atoms with Crippen LogP contribution in [0.3, 0.4) is 0 Å². The van der Waals surface area contributed by atoms with Crippen molar-refractivity contribution < 1.29 is 26.7 Å². The minimum absolute atomic E-state index is 0.0718. The van der Waals surface area contributed by atoms with Crippen LogP contribution in [0.15, 0.2) is 66.1 Å². The fraction of sp³-hybridized carbons (Fsp3) is 0.0952. The number of fused-ring (bicyclic) bond motifs is 1. The molecule has 11 heteroatoms. The van der Waals surface area contributed by atoms with Crippen LogP contribution >= 0.6 is 0 Å². The van der Waals surface area contributed by atoms with Crippen LogP contribution in [0.1, 0.15) is 17.4 Å². The smallest absolute Gasteiger partial charge is 0.356 e. The minimum Gasteiger partial charge on any atom is -0.461 e. The lowest BCUT2D eigenvalue weighted by atomic mass is 10.1. The molecule has 4 aromatic rings. The van der Waals surface area contributed by atoms with Crippen molar-refractivity contribution in [1.82, 2.24) is 14.4 Å². The molecule has 0 spiro atoms. The summed E-state index contributed by atoms with van der Waals surface area (Å²) >= 11 is 0. The fourth-order valence-electron chi connectivity index (χ4n) is 3.06. The molecule has 32 heavy (non-hydrogen) atoms. The van der Waals surface area contributed by atoms with Crippen LogP contribution in [0, 0.1) is 11.6 Å². The molecular formula is C21H16F2N4O4S. The molecule has 0 fully saturated rings. The van der Waals surface area contributed by atoms with Crippen molar-refractivity contribution in [1.29, 1.82) is 0 Å². The number of aromatic nitrogens is 3. The van der Waals surface area contributed by atoms with Gasteiger partial charge in [0.15, 0.2) is 5.69 Å². The maximum Gasteiger partial charge on any atom is 0.356 e. The number of hydrogen-bond donors (Lipinski definition) is 1. The summed E-state index contributed by atoms with van der Waals surface area (Å²) in [6.45, 7) is 1.91. The van der Waals surface area contributed by atoms with Crippen molar-refractivity contribution in [3.8, 4) is 11.1 Å². The summed E-state index contributed by atoms with van der Waals surface area (Å²) in [7, 11) is -4.32. The maximum atomic E-state index is 13.9. The molecule has 0 amide bonds. The van der Waals surface area contributed by atoms with E-state index in [-0.39, 0.29) is 18.0 Å². The lowest BCUT2D eigenvalue weighted by Gasteiger charge is -2.10. The largest absolute Gasteiger partial charge is 0.461 e. The Morgan fingerprint density at radius 2 is 1.91 bits per heavy atom. The van der Waals surface area contributed by atoms with E-state index in [1.54, 1.807) is 29.7 Å². The monoisotopic (exact) mass is 458 g/mol. The van der Waals surface area contributed by atoms with E-state index >= 15 is 0 Å². The van der Waals surface area contributed by atoms with E-state index in [1.165, 1.54) is 24.7 Å². The Morgan fingerprint density at radius 3 is 2.66 bits per heavy atom. The molecule has 4 rings (SSSR count). The number of ether oxygens (including phenoxy) is 1. The molecule has 0 unspecified atom stereocenters. The van der Waals surface area contributed by atoms with Crippen LogP contribution < -0.4 is 4.72 Å². The van der Waals surface area contributed by atoms with Gasteiger partial charge in [-0.3, -0.25) is 14.1 Å². The first-order valence-electron chi connectivity index (χ1n) is 9.36. The number of nitrogens with zero attached hydrogens (tertiary/aromatic N) is 3. The third-order valence-corrected chi connectivity index (χ3v) is 5.91. The van der Waals surface area contributed by atoms with Crippen LogP contribution in [0.5, 0.6) is 0 Å². The van der Waals surface area contributed by atoms with Crippen LogP contribution in [-0.4, -0.2) is 35.4 Å². The SMILES string of the molecule is CCOC(=O)c1cnc2ccc(-c3cncc(NS(=O)(=O)c4ccc(F)cc4F)c3)cn12. The standard InChI is InChI=1S/C21H16F2N4O4S/c1-2-31-21(28)18-11-25-20-6-3-13(12-27(18)20)14-7-16(10-24-9-14)26-32(29,30)19-5-4-15(22)8-17(19)23/h3-12,26H,2H2,1H3. The fourth-order valence-corrected chi connectivity index (χ4v) is 4.16. The van der Waals surface area contributed by atoms with Crippen LogP contribution in [0.2, 0.25) is 0 Å². The highest BCUT2D eigenvalue weighted by Gasteiger charge is 2.20. The van der Waals surface area contributed by atoms with Gasteiger partial charge in [0.2, 0.25) is 0 Å². The Balaban J connectivity index is 1.68. The van der Waals surface area contributed by atoms with E-state index in [9.17, 15) is 22.0 Å². The van der Waals surface area contributed by atoms with Crippen molar-refractivity contribution in [2.75, 3.05) is 11.3 Å². The zero-order valence-electron chi connectivity index (χ0n) is 16.6. The highest BCUT2D eigenvalue weighted by atomic mass is 32.2. The first-order chi connectivity index (χ1) is 15.3. The number of sulfonamides is 1. The summed E-state index contributed by atoms with van der Waals surface area (Å²) in [5.41, 5.74) is 1.97. The minimum atomic E-state index is -4.32. The molecule has 0 bridgehead atoms. The Kier molecular flexibility index (Phi) is 5.57. The Bertz CT molecular complexity index is 1440. The predicted octanol–water partition coefficient (Wildman–Crippen LogP) is 3.65. The van der Waals surface area contributed by atoms with Gasteiger partial charge in [-0.1, -0.05) is 0 Å². The number of halogens is 2. The van der Waals surface area contributed by atoms with Gasteiger partial charge in [0.25, 0.3) is 10.0 Å². The molecule has 0 aliphatic rings. The van der Waals surface area contributed by atoms with E-state index < -0.39 is 32.5 Å². The Labute approximate surface area is 181 Å². The van der Waals surface area contributed by atoms with Gasteiger partial charge in [-0.25, -0.2) is 27.0 Å². The molecule has 0 saturated carbocycles. The van der Waals surface area contributed by atoms with Gasteiger partial charge in [-0.2, -0.15) is 0 Å². The number of pyridine rings is 2. The number of imidazole rings is 1. The quantitative estimate of drug-likeness (QED) is 0.443. The van der Waals surface area contributed by atoms with Gasteiger partial charge in [0.05, 0.1) is 24.7 Å². The number of anilines is 1. The molecule has 0 radical (unpaired) electrons. The van der Waals surface area contributed by atoms with Gasteiger partial charge in [0.1, 0.15) is 22.2 Å². The van der Waals surface area contributed by atoms with E-state index in [2.05, 4.69) is 14.7 Å². The topological polar surface area (TPSA) is 103 Å². The van der Waals surface area contributed by atoms with Crippen molar-refractivity contribution >= 4 is 27.3 Å². The summed E-state index contributed by atoms with van der Waals surface area (Å²) in [5.74, 6) is -2.63. The van der Waals surface area contributed by atoms with Gasteiger partial charge in [-0.05, 0) is 37.3 Å². The summed E-state index contributed by atoms with van der Waals surface area (Å²) in [4.78, 5) is 19.6. The van der Waals surface area contributed by atoms with E-state index in [1.807, 2.05) is 0 Å². The van der Waals surface area contributed by atoms with Crippen molar-refractivity contribution in [3.05, 3.63) is 78.5 Å². The third kappa shape index (κ3) is 4.14. The second kappa shape index (κ2) is 8.35. The average Bonchev–Trinajstić information content (AvgIpc) is 3.17. The van der Waals surface area contributed by atoms with Gasteiger partial charge in [0, 0.05) is 29.6 Å². The number of carbonyl (C=O) groups is 1. The molecule has 0 saturated heterocycles. The van der Waals surface area contributed by atoms with E-state index in [0.29, 0.717) is 22.8 Å². The molecule has 1 aromatic carbocycles. The number of rotatable bonds is 6. The summed E-state index contributed by atoms with van der Waals surface area (Å²) in [6, 6.07) is 7.09. The average molecular weight is 458 g/mol. The molecule has 3 heterocycles. The third-order valence-electron chi connectivity index (χ3n) is 4.50. The van der Waals surface area contributed by atoms with Gasteiger partial charge < -0.3 is 4.74 Å². The molecule has 3 aromatic heterocycles.